The Morgan fingerprint density at radius 1 is 0.875 bits per heavy atom. The van der Waals surface area contributed by atoms with Gasteiger partial charge in [0.2, 0.25) is 0 Å². The number of ether oxygens (including phenoxy) is 1. The second-order valence-electron chi connectivity index (χ2n) is 4.93. The number of carbonyl (C=O) groups is 1. The maximum atomic E-state index is 12.1. The van der Waals surface area contributed by atoms with Gasteiger partial charge in [-0.1, -0.05) is 48.5 Å². The SMILES string of the molecule is O=C(Nc1ccccc1)Nc1nccnc1OCc1ccccc1. The fraction of sp³-hybridized carbons (Fsp3) is 0.0556. The van der Waals surface area contributed by atoms with E-state index in [9.17, 15) is 4.79 Å². The molecule has 3 aromatic rings. The van der Waals surface area contributed by atoms with E-state index in [2.05, 4.69) is 20.6 Å². The molecule has 0 radical (unpaired) electrons. The van der Waals surface area contributed by atoms with E-state index in [4.69, 9.17) is 4.74 Å². The molecule has 0 aliphatic heterocycles. The third-order valence-corrected chi connectivity index (χ3v) is 3.15. The predicted molar refractivity (Wildman–Crippen MR) is 91.9 cm³/mol. The van der Waals surface area contributed by atoms with Crippen molar-refractivity contribution < 1.29 is 9.53 Å². The molecule has 1 heterocycles. The summed E-state index contributed by atoms with van der Waals surface area (Å²) in [6.45, 7) is 0.342. The van der Waals surface area contributed by atoms with Crippen molar-refractivity contribution in [1.82, 2.24) is 9.97 Å². The van der Waals surface area contributed by atoms with Gasteiger partial charge in [-0.3, -0.25) is 5.32 Å². The molecule has 6 nitrogen and oxygen atoms in total. The van der Waals surface area contributed by atoms with Gasteiger partial charge in [-0.25, -0.2) is 14.8 Å². The predicted octanol–water partition coefficient (Wildman–Crippen LogP) is 3.70. The van der Waals surface area contributed by atoms with Crippen LogP contribution in [0.2, 0.25) is 0 Å². The highest BCUT2D eigenvalue weighted by Crippen LogP contribution is 2.19. The topological polar surface area (TPSA) is 76.1 Å². The molecule has 120 valence electrons. The highest BCUT2D eigenvalue weighted by molar-refractivity contribution is 5.99. The third kappa shape index (κ3) is 4.30. The van der Waals surface area contributed by atoms with Crippen LogP contribution in [0.1, 0.15) is 5.56 Å². The van der Waals surface area contributed by atoms with Crippen LogP contribution in [0, 0.1) is 0 Å². The summed E-state index contributed by atoms with van der Waals surface area (Å²) in [5, 5.41) is 5.36. The van der Waals surface area contributed by atoms with Crippen LogP contribution in [0.5, 0.6) is 5.88 Å². The first-order valence-electron chi connectivity index (χ1n) is 7.42. The van der Waals surface area contributed by atoms with Crippen LogP contribution in [-0.4, -0.2) is 16.0 Å². The summed E-state index contributed by atoms with van der Waals surface area (Å²) in [5.41, 5.74) is 1.69. The van der Waals surface area contributed by atoms with Gasteiger partial charge < -0.3 is 10.1 Å². The number of benzene rings is 2. The van der Waals surface area contributed by atoms with Crippen LogP contribution in [0.15, 0.2) is 73.1 Å². The number of carbonyl (C=O) groups excluding carboxylic acids is 1. The van der Waals surface area contributed by atoms with Crippen LogP contribution in [0.25, 0.3) is 0 Å². The number of amides is 2. The average molecular weight is 320 g/mol. The van der Waals surface area contributed by atoms with Crippen LogP contribution >= 0.6 is 0 Å². The van der Waals surface area contributed by atoms with Crippen LogP contribution in [0.4, 0.5) is 16.3 Å². The number of urea groups is 1. The second kappa shape index (κ2) is 7.73. The summed E-state index contributed by atoms with van der Waals surface area (Å²) in [4.78, 5) is 20.3. The van der Waals surface area contributed by atoms with Crippen LogP contribution < -0.4 is 15.4 Å². The average Bonchev–Trinajstić information content (AvgIpc) is 2.63. The van der Waals surface area contributed by atoms with E-state index < -0.39 is 6.03 Å². The van der Waals surface area contributed by atoms with Gasteiger partial charge >= 0.3 is 6.03 Å². The lowest BCUT2D eigenvalue weighted by Crippen LogP contribution is -2.20. The lowest BCUT2D eigenvalue weighted by atomic mass is 10.2. The first-order chi connectivity index (χ1) is 11.8. The van der Waals surface area contributed by atoms with Gasteiger partial charge in [0.1, 0.15) is 6.61 Å². The Bertz CT molecular complexity index is 794. The standard InChI is InChI=1S/C18H16N4O2/c23-18(21-15-9-5-2-6-10-15)22-16-17(20-12-11-19-16)24-13-14-7-3-1-4-8-14/h1-12H,13H2,(H2,19,21,22,23). The van der Waals surface area contributed by atoms with Gasteiger partial charge in [-0.2, -0.15) is 0 Å². The molecule has 6 heteroatoms. The molecule has 2 amide bonds. The smallest absolute Gasteiger partial charge is 0.324 e. The Balaban J connectivity index is 1.64. The summed E-state index contributed by atoms with van der Waals surface area (Å²) in [6.07, 6.45) is 3.01. The van der Waals surface area contributed by atoms with Crippen molar-refractivity contribution >= 4 is 17.5 Å². The van der Waals surface area contributed by atoms with Gasteiger partial charge in [0.15, 0.2) is 5.82 Å². The molecule has 0 fully saturated rings. The van der Waals surface area contributed by atoms with Crippen molar-refractivity contribution in [1.29, 1.82) is 0 Å². The zero-order valence-electron chi connectivity index (χ0n) is 12.8. The molecule has 0 unspecified atom stereocenters. The van der Waals surface area contributed by atoms with E-state index in [0.717, 1.165) is 5.56 Å². The van der Waals surface area contributed by atoms with Crippen molar-refractivity contribution in [2.45, 2.75) is 6.61 Å². The summed E-state index contributed by atoms with van der Waals surface area (Å²) >= 11 is 0. The molecule has 0 aliphatic carbocycles. The summed E-state index contributed by atoms with van der Waals surface area (Å²) in [7, 11) is 0. The van der Waals surface area contributed by atoms with E-state index in [1.54, 1.807) is 12.1 Å². The van der Waals surface area contributed by atoms with E-state index >= 15 is 0 Å². The molecule has 24 heavy (non-hydrogen) atoms. The van der Waals surface area contributed by atoms with Crippen molar-refractivity contribution in [3.8, 4) is 5.88 Å². The molecule has 0 saturated heterocycles. The van der Waals surface area contributed by atoms with Crippen molar-refractivity contribution in [3.05, 3.63) is 78.6 Å². The van der Waals surface area contributed by atoms with E-state index in [-0.39, 0.29) is 11.7 Å². The van der Waals surface area contributed by atoms with E-state index in [0.29, 0.717) is 12.3 Å². The molecule has 2 aromatic carbocycles. The van der Waals surface area contributed by atoms with Crippen LogP contribution in [-0.2, 0) is 6.61 Å². The first kappa shape index (κ1) is 15.5. The van der Waals surface area contributed by atoms with Gasteiger partial charge in [-0.15, -0.1) is 0 Å². The summed E-state index contributed by atoms with van der Waals surface area (Å²) in [6, 6.07) is 18.4. The number of nitrogens with zero attached hydrogens (tertiary/aromatic N) is 2. The molecular formula is C18H16N4O2. The Morgan fingerprint density at radius 2 is 1.54 bits per heavy atom. The molecule has 0 aliphatic rings. The number of anilines is 2. The normalized spacial score (nSPS) is 10.0. The molecule has 0 atom stereocenters. The summed E-state index contributed by atoms with van der Waals surface area (Å²) < 4.78 is 5.66. The zero-order valence-corrected chi connectivity index (χ0v) is 12.8. The minimum Gasteiger partial charge on any atom is -0.470 e. The van der Waals surface area contributed by atoms with Crippen molar-refractivity contribution in [2.75, 3.05) is 10.6 Å². The molecular weight excluding hydrogens is 304 g/mol. The van der Waals surface area contributed by atoms with E-state index in [1.165, 1.54) is 12.4 Å². The maximum Gasteiger partial charge on any atom is 0.324 e. The Kier molecular flexibility index (Phi) is 4.99. The number of rotatable bonds is 5. The lowest BCUT2D eigenvalue weighted by molar-refractivity contribution is 0.261. The molecule has 3 rings (SSSR count). The number of nitrogens with one attached hydrogen (secondary N) is 2. The van der Waals surface area contributed by atoms with Crippen LogP contribution in [0.3, 0.4) is 0 Å². The minimum atomic E-state index is -0.411. The molecule has 0 saturated carbocycles. The largest absolute Gasteiger partial charge is 0.470 e. The minimum absolute atomic E-state index is 0.266. The van der Waals surface area contributed by atoms with Crippen molar-refractivity contribution in [3.63, 3.8) is 0 Å². The number of hydrogen-bond donors (Lipinski definition) is 2. The van der Waals surface area contributed by atoms with Gasteiger partial charge in [-0.05, 0) is 17.7 Å². The van der Waals surface area contributed by atoms with Gasteiger partial charge in [0, 0.05) is 18.1 Å². The highest BCUT2D eigenvalue weighted by atomic mass is 16.5. The van der Waals surface area contributed by atoms with E-state index in [1.807, 2.05) is 48.5 Å². The second-order valence-corrected chi connectivity index (χ2v) is 4.93. The number of aromatic nitrogens is 2. The van der Waals surface area contributed by atoms with Crippen molar-refractivity contribution in [2.24, 2.45) is 0 Å². The lowest BCUT2D eigenvalue weighted by Gasteiger charge is -2.11. The number of hydrogen-bond acceptors (Lipinski definition) is 4. The summed E-state index contributed by atoms with van der Waals surface area (Å²) in [5.74, 6) is 0.534. The van der Waals surface area contributed by atoms with Gasteiger partial charge in [0.05, 0.1) is 0 Å². The Morgan fingerprint density at radius 3 is 2.29 bits per heavy atom. The quantitative estimate of drug-likeness (QED) is 0.751. The molecule has 1 aromatic heterocycles. The van der Waals surface area contributed by atoms with Gasteiger partial charge in [0.25, 0.3) is 5.88 Å². The highest BCUT2D eigenvalue weighted by Gasteiger charge is 2.10. The molecule has 0 spiro atoms. The zero-order chi connectivity index (χ0) is 16.6. The number of para-hydroxylation sites is 1. The monoisotopic (exact) mass is 320 g/mol. The fourth-order valence-electron chi connectivity index (χ4n) is 2.03. The Labute approximate surface area is 139 Å². The maximum absolute atomic E-state index is 12.1. The first-order valence-corrected chi connectivity index (χ1v) is 7.42. The fourth-order valence-corrected chi connectivity index (χ4v) is 2.03. The molecule has 2 N–H and O–H groups in total. The third-order valence-electron chi connectivity index (χ3n) is 3.15. The Hall–Kier alpha value is -3.41. The molecule has 0 bridgehead atoms.